The average Bonchev–Trinajstić information content (AvgIpc) is 2.78. The molecule has 31 heavy (non-hydrogen) atoms. The number of piperazine rings is 1. The van der Waals surface area contributed by atoms with Crippen LogP contribution in [0.5, 0.6) is 0 Å². The van der Waals surface area contributed by atoms with Crippen molar-refractivity contribution in [2.24, 2.45) is 4.99 Å². The van der Waals surface area contributed by atoms with Crippen LogP contribution in [-0.4, -0.2) is 103 Å². The van der Waals surface area contributed by atoms with Gasteiger partial charge in [-0.2, -0.15) is 0 Å². The van der Waals surface area contributed by atoms with Gasteiger partial charge in [-0.25, -0.2) is 14.6 Å². The summed E-state index contributed by atoms with van der Waals surface area (Å²) in [4.78, 5) is 36.5. The van der Waals surface area contributed by atoms with Crippen molar-refractivity contribution in [3.63, 3.8) is 0 Å². The Morgan fingerprint density at radius 2 is 1.81 bits per heavy atom. The number of rotatable bonds is 5. The summed E-state index contributed by atoms with van der Waals surface area (Å²) in [5, 5.41) is 9.03. The first-order valence-electron chi connectivity index (χ1n) is 10.6. The fourth-order valence-electron chi connectivity index (χ4n) is 4.01. The Hall–Kier alpha value is -2.91. The van der Waals surface area contributed by atoms with Gasteiger partial charge in [0.15, 0.2) is 0 Å². The van der Waals surface area contributed by atoms with Gasteiger partial charge in [0.2, 0.25) is 0 Å². The number of aliphatic imine (C=N–C) groups is 1. The number of carboxylic acids is 1. The number of ether oxygens (including phenoxy) is 1. The number of hydrogen-bond acceptors (Lipinski definition) is 7. The summed E-state index contributed by atoms with van der Waals surface area (Å²) in [7, 11) is 2.10. The van der Waals surface area contributed by atoms with Crippen LogP contribution in [0.2, 0.25) is 0 Å². The van der Waals surface area contributed by atoms with Gasteiger partial charge in [-0.05, 0) is 30.3 Å². The first kappa shape index (κ1) is 21.3. The van der Waals surface area contributed by atoms with Crippen molar-refractivity contribution in [3.05, 3.63) is 46.7 Å². The van der Waals surface area contributed by atoms with Crippen molar-refractivity contribution < 1.29 is 19.4 Å². The fraction of sp³-hybridized carbons (Fsp3) is 0.500. The summed E-state index contributed by atoms with van der Waals surface area (Å²) in [6.07, 6.45) is 2.30. The number of likely N-dealkylation sites (N-methyl/N-ethyl adjacent to an activating group) is 1. The number of amides is 1. The molecule has 1 aromatic rings. The Labute approximate surface area is 182 Å². The normalized spacial score (nSPS) is 20.0. The van der Waals surface area contributed by atoms with Gasteiger partial charge in [0, 0.05) is 64.5 Å². The van der Waals surface area contributed by atoms with E-state index in [1.165, 1.54) is 0 Å². The molecule has 3 heterocycles. The second-order valence-corrected chi connectivity index (χ2v) is 8.33. The first-order valence-corrected chi connectivity index (χ1v) is 10.6. The summed E-state index contributed by atoms with van der Waals surface area (Å²) in [5.74, 6) is -0.928. The molecule has 0 saturated carbocycles. The molecule has 166 valence electrons. The Kier molecular flexibility index (Phi) is 6.53. The Balaban J connectivity index is 1.28. The second-order valence-electron chi connectivity index (χ2n) is 8.33. The summed E-state index contributed by atoms with van der Waals surface area (Å²) in [6.45, 7) is 6.62. The van der Waals surface area contributed by atoms with Gasteiger partial charge in [0.25, 0.3) is 0 Å². The molecule has 4 rings (SSSR count). The molecule has 0 unspecified atom stereocenters. The van der Waals surface area contributed by atoms with Crippen molar-refractivity contribution in [2.45, 2.75) is 13.0 Å². The van der Waals surface area contributed by atoms with Gasteiger partial charge in [-0.3, -0.25) is 4.90 Å². The third-order valence-corrected chi connectivity index (χ3v) is 5.99. The van der Waals surface area contributed by atoms with E-state index in [-0.39, 0.29) is 11.7 Å². The number of hydrogen-bond donors (Lipinski definition) is 1. The van der Waals surface area contributed by atoms with Crippen LogP contribution in [0.4, 0.5) is 4.79 Å². The summed E-state index contributed by atoms with van der Waals surface area (Å²) in [5.41, 5.74) is 3.48. The van der Waals surface area contributed by atoms with E-state index >= 15 is 0 Å². The molecular formula is C22H29N5O4. The van der Waals surface area contributed by atoms with Crippen molar-refractivity contribution >= 4 is 18.4 Å². The highest BCUT2D eigenvalue weighted by Gasteiger charge is 2.27. The molecule has 3 aliphatic rings. The van der Waals surface area contributed by atoms with E-state index in [2.05, 4.69) is 26.7 Å². The Morgan fingerprint density at radius 1 is 1.06 bits per heavy atom. The van der Waals surface area contributed by atoms with E-state index in [1.807, 2.05) is 18.5 Å². The second kappa shape index (κ2) is 9.49. The molecule has 0 bridgehead atoms. The largest absolute Gasteiger partial charge is 0.478 e. The van der Waals surface area contributed by atoms with Crippen LogP contribution in [0.1, 0.15) is 22.3 Å². The van der Waals surface area contributed by atoms with Crippen LogP contribution in [0.25, 0.3) is 0 Å². The molecule has 0 radical (unpaired) electrons. The molecule has 1 amide bonds. The van der Waals surface area contributed by atoms with Crippen molar-refractivity contribution in [3.8, 4) is 0 Å². The van der Waals surface area contributed by atoms with Gasteiger partial charge in [0.1, 0.15) is 6.73 Å². The molecular weight excluding hydrogens is 398 g/mol. The van der Waals surface area contributed by atoms with Crippen molar-refractivity contribution in [1.29, 1.82) is 0 Å². The standard InChI is InChI=1S/C22H29N5O4/c1-24-8-10-25(11-9-24)16-31-22(30)27-7-6-20-19(14-27)13-26(15-23-20)12-17-2-4-18(5-3-17)21(28)29/h2-5,15H,6-14,16H2,1H3,(H,28,29). The molecule has 0 spiro atoms. The van der Waals surface area contributed by atoms with Crippen LogP contribution in [-0.2, 0) is 11.3 Å². The highest BCUT2D eigenvalue weighted by atomic mass is 16.6. The van der Waals surface area contributed by atoms with E-state index < -0.39 is 5.97 Å². The summed E-state index contributed by atoms with van der Waals surface area (Å²) in [6, 6.07) is 6.87. The Morgan fingerprint density at radius 3 is 2.52 bits per heavy atom. The minimum absolute atomic E-state index is 0.268. The number of carbonyl (C=O) groups excluding carboxylic acids is 1. The highest BCUT2D eigenvalue weighted by molar-refractivity contribution is 5.87. The number of aromatic carboxylic acids is 1. The molecule has 0 aliphatic carbocycles. The lowest BCUT2D eigenvalue weighted by atomic mass is 10.0. The van der Waals surface area contributed by atoms with Crippen LogP contribution >= 0.6 is 0 Å². The Bertz CT molecular complexity index is 874. The smallest absolute Gasteiger partial charge is 0.411 e. The molecule has 1 aromatic carbocycles. The topological polar surface area (TPSA) is 88.9 Å². The predicted octanol–water partition coefficient (Wildman–Crippen LogP) is 1.53. The predicted molar refractivity (Wildman–Crippen MR) is 116 cm³/mol. The minimum atomic E-state index is -0.928. The monoisotopic (exact) mass is 427 g/mol. The van der Waals surface area contributed by atoms with Crippen LogP contribution in [0.3, 0.4) is 0 Å². The zero-order valence-corrected chi connectivity index (χ0v) is 17.9. The maximum absolute atomic E-state index is 12.6. The molecule has 3 aliphatic heterocycles. The van der Waals surface area contributed by atoms with E-state index in [9.17, 15) is 9.59 Å². The van der Waals surface area contributed by atoms with Gasteiger partial charge in [-0.15, -0.1) is 0 Å². The quantitative estimate of drug-likeness (QED) is 0.762. The molecule has 1 fully saturated rings. The highest BCUT2D eigenvalue weighted by Crippen LogP contribution is 2.24. The van der Waals surface area contributed by atoms with Crippen LogP contribution in [0, 0.1) is 0 Å². The number of carbonyl (C=O) groups is 2. The molecule has 0 aromatic heterocycles. The third-order valence-electron chi connectivity index (χ3n) is 5.99. The number of nitrogens with zero attached hydrogens (tertiary/aromatic N) is 5. The van der Waals surface area contributed by atoms with Gasteiger partial charge >= 0.3 is 12.1 Å². The maximum atomic E-state index is 12.6. The van der Waals surface area contributed by atoms with E-state index in [4.69, 9.17) is 9.84 Å². The zero-order valence-electron chi connectivity index (χ0n) is 17.9. The fourth-order valence-corrected chi connectivity index (χ4v) is 4.01. The van der Waals surface area contributed by atoms with Crippen LogP contribution < -0.4 is 0 Å². The van der Waals surface area contributed by atoms with Crippen LogP contribution in [0.15, 0.2) is 40.5 Å². The molecule has 1 saturated heterocycles. The molecule has 9 nitrogen and oxygen atoms in total. The summed E-state index contributed by atoms with van der Waals surface area (Å²) < 4.78 is 5.56. The lowest BCUT2D eigenvalue weighted by Crippen LogP contribution is -2.47. The van der Waals surface area contributed by atoms with Gasteiger partial charge in [-0.1, -0.05) is 12.1 Å². The first-order chi connectivity index (χ1) is 15.0. The molecule has 1 N–H and O–H groups in total. The van der Waals surface area contributed by atoms with Gasteiger partial charge in [0.05, 0.1) is 11.9 Å². The van der Waals surface area contributed by atoms with Gasteiger partial charge < -0.3 is 24.5 Å². The van der Waals surface area contributed by atoms with E-state index in [1.54, 1.807) is 17.0 Å². The minimum Gasteiger partial charge on any atom is -0.478 e. The lowest BCUT2D eigenvalue weighted by Gasteiger charge is -2.35. The average molecular weight is 428 g/mol. The molecule has 9 heteroatoms. The third kappa shape index (κ3) is 5.42. The van der Waals surface area contributed by atoms with E-state index in [0.29, 0.717) is 32.9 Å². The lowest BCUT2D eigenvalue weighted by molar-refractivity contribution is 0.0246. The van der Waals surface area contributed by atoms with E-state index in [0.717, 1.165) is 49.4 Å². The number of carboxylic acid groups (broad SMARTS) is 1. The maximum Gasteiger partial charge on any atom is 0.411 e. The summed E-state index contributed by atoms with van der Waals surface area (Å²) >= 11 is 0. The SMILES string of the molecule is CN1CCN(COC(=O)N2CCC3=C(CN(Cc4ccc(C(=O)O)cc4)C=N3)C2)CC1. The zero-order chi connectivity index (χ0) is 21.8. The van der Waals surface area contributed by atoms with Crippen molar-refractivity contribution in [2.75, 3.05) is 59.6 Å². The van der Waals surface area contributed by atoms with Crippen molar-refractivity contribution in [1.82, 2.24) is 19.6 Å². The molecule has 0 atom stereocenters. The number of benzene rings is 1.